The van der Waals surface area contributed by atoms with Crippen LogP contribution in [0.1, 0.15) is 33.2 Å². The fraction of sp³-hybridized carbons (Fsp3) is 0.0741. The van der Waals surface area contributed by atoms with E-state index in [2.05, 4.69) is 10.5 Å². The SMILES string of the molecule is CCOc1cc(C=NNC(=O)c2cc3ccccc3cc2O)ccc1OC(=O)c1ccc(F)cc1. The van der Waals surface area contributed by atoms with Crippen LogP contribution in [0.3, 0.4) is 0 Å². The first-order valence-electron chi connectivity index (χ1n) is 10.7. The van der Waals surface area contributed by atoms with Gasteiger partial charge in [0.25, 0.3) is 5.91 Å². The van der Waals surface area contributed by atoms with Gasteiger partial charge in [-0.15, -0.1) is 0 Å². The molecule has 4 aromatic carbocycles. The molecule has 0 saturated heterocycles. The molecule has 0 aliphatic carbocycles. The molecule has 7 nitrogen and oxygen atoms in total. The van der Waals surface area contributed by atoms with Crippen LogP contribution >= 0.6 is 0 Å². The second-order valence-corrected chi connectivity index (χ2v) is 7.45. The third kappa shape index (κ3) is 5.62. The molecule has 0 aliphatic rings. The third-order valence-corrected chi connectivity index (χ3v) is 5.04. The van der Waals surface area contributed by atoms with E-state index in [0.717, 1.165) is 10.8 Å². The number of ether oxygens (including phenoxy) is 2. The Hall–Kier alpha value is -4.72. The molecule has 0 bridgehead atoms. The number of hydrogen-bond acceptors (Lipinski definition) is 6. The molecular weight excluding hydrogens is 451 g/mol. The van der Waals surface area contributed by atoms with Crippen LogP contribution in [0.5, 0.6) is 17.2 Å². The van der Waals surface area contributed by atoms with Crippen molar-refractivity contribution in [3.8, 4) is 17.2 Å². The number of benzene rings is 4. The van der Waals surface area contributed by atoms with E-state index in [1.807, 2.05) is 24.3 Å². The predicted molar refractivity (Wildman–Crippen MR) is 130 cm³/mol. The Morgan fingerprint density at radius 3 is 2.40 bits per heavy atom. The molecule has 0 spiro atoms. The van der Waals surface area contributed by atoms with E-state index in [-0.39, 0.29) is 22.6 Å². The van der Waals surface area contributed by atoms with Gasteiger partial charge in [-0.25, -0.2) is 14.6 Å². The zero-order chi connectivity index (χ0) is 24.8. The standard InChI is InChI=1S/C27H21FN2O5/c1-2-34-25-13-17(7-12-24(25)35-27(33)18-8-10-21(28)11-9-18)16-29-30-26(32)22-14-19-5-3-4-6-20(19)15-23(22)31/h3-16,31H,2H2,1H3,(H,30,32). The van der Waals surface area contributed by atoms with Crippen molar-refractivity contribution in [3.05, 3.63) is 101 Å². The van der Waals surface area contributed by atoms with Gasteiger partial charge in [0.05, 0.1) is 23.9 Å². The maximum atomic E-state index is 13.1. The maximum Gasteiger partial charge on any atom is 0.343 e. The molecule has 0 heterocycles. The largest absolute Gasteiger partial charge is 0.507 e. The molecule has 4 aromatic rings. The van der Waals surface area contributed by atoms with E-state index < -0.39 is 17.7 Å². The Morgan fingerprint density at radius 1 is 0.971 bits per heavy atom. The molecule has 4 rings (SSSR count). The highest BCUT2D eigenvalue weighted by molar-refractivity contribution is 6.01. The number of hydrogen-bond donors (Lipinski definition) is 2. The lowest BCUT2D eigenvalue weighted by atomic mass is 10.1. The number of rotatable bonds is 7. The molecule has 0 atom stereocenters. The van der Waals surface area contributed by atoms with Crippen molar-refractivity contribution in [2.24, 2.45) is 5.10 Å². The lowest BCUT2D eigenvalue weighted by Crippen LogP contribution is -2.17. The third-order valence-electron chi connectivity index (χ3n) is 5.04. The van der Waals surface area contributed by atoms with Crippen LogP contribution in [-0.2, 0) is 0 Å². The van der Waals surface area contributed by atoms with E-state index in [0.29, 0.717) is 17.9 Å². The van der Waals surface area contributed by atoms with Crippen LogP contribution in [0.2, 0.25) is 0 Å². The molecule has 0 saturated carbocycles. The lowest BCUT2D eigenvalue weighted by molar-refractivity contribution is 0.0728. The molecule has 0 aliphatic heterocycles. The van der Waals surface area contributed by atoms with E-state index in [1.54, 1.807) is 25.1 Å². The molecule has 35 heavy (non-hydrogen) atoms. The van der Waals surface area contributed by atoms with Gasteiger partial charge in [0.1, 0.15) is 11.6 Å². The molecule has 0 aromatic heterocycles. The van der Waals surface area contributed by atoms with Gasteiger partial charge >= 0.3 is 5.97 Å². The number of carbonyl (C=O) groups excluding carboxylic acids is 2. The second kappa shape index (κ2) is 10.5. The Kier molecular flexibility index (Phi) is 7.02. The summed E-state index contributed by atoms with van der Waals surface area (Å²) in [5.41, 5.74) is 3.25. The van der Waals surface area contributed by atoms with Crippen molar-refractivity contribution in [2.75, 3.05) is 6.61 Å². The van der Waals surface area contributed by atoms with E-state index in [9.17, 15) is 19.1 Å². The minimum absolute atomic E-state index is 0.0962. The summed E-state index contributed by atoms with van der Waals surface area (Å²) in [5, 5.41) is 15.8. The molecule has 0 unspecified atom stereocenters. The number of phenols is 1. The van der Waals surface area contributed by atoms with Gasteiger partial charge in [-0.2, -0.15) is 5.10 Å². The fourth-order valence-electron chi connectivity index (χ4n) is 3.34. The first-order chi connectivity index (χ1) is 16.9. The first kappa shape index (κ1) is 23.4. The quantitative estimate of drug-likeness (QED) is 0.170. The highest BCUT2D eigenvalue weighted by Crippen LogP contribution is 2.29. The molecule has 1 amide bonds. The van der Waals surface area contributed by atoms with Crippen molar-refractivity contribution in [3.63, 3.8) is 0 Å². The number of halogens is 1. The highest BCUT2D eigenvalue weighted by atomic mass is 19.1. The Morgan fingerprint density at radius 2 is 1.69 bits per heavy atom. The Balaban J connectivity index is 1.47. The summed E-state index contributed by atoms with van der Waals surface area (Å²) in [6.45, 7) is 2.10. The molecule has 176 valence electrons. The zero-order valence-corrected chi connectivity index (χ0v) is 18.7. The number of hydrazone groups is 1. The van der Waals surface area contributed by atoms with Crippen LogP contribution in [0.4, 0.5) is 4.39 Å². The van der Waals surface area contributed by atoms with Gasteiger partial charge in [-0.05, 0) is 77.9 Å². The average Bonchev–Trinajstić information content (AvgIpc) is 2.85. The number of carbonyl (C=O) groups is 2. The van der Waals surface area contributed by atoms with Crippen molar-refractivity contribution in [2.45, 2.75) is 6.92 Å². The average molecular weight is 472 g/mol. The monoisotopic (exact) mass is 472 g/mol. The summed E-state index contributed by atoms with van der Waals surface area (Å²) >= 11 is 0. The number of nitrogens with one attached hydrogen (secondary N) is 1. The van der Waals surface area contributed by atoms with Gasteiger partial charge in [0.2, 0.25) is 0 Å². The number of esters is 1. The van der Waals surface area contributed by atoms with Crippen LogP contribution in [0.25, 0.3) is 10.8 Å². The Labute approximate surface area is 200 Å². The van der Waals surface area contributed by atoms with Crippen molar-refractivity contribution >= 4 is 28.9 Å². The molecular formula is C27H21FN2O5. The number of aromatic hydroxyl groups is 1. The maximum absolute atomic E-state index is 13.1. The van der Waals surface area contributed by atoms with Gasteiger partial charge in [0.15, 0.2) is 11.5 Å². The van der Waals surface area contributed by atoms with Crippen LogP contribution in [0.15, 0.2) is 84.0 Å². The van der Waals surface area contributed by atoms with E-state index in [1.165, 1.54) is 42.6 Å². The van der Waals surface area contributed by atoms with Crippen LogP contribution in [0, 0.1) is 5.82 Å². The topological polar surface area (TPSA) is 97.2 Å². The number of fused-ring (bicyclic) bond motifs is 1. The molecule has 0 radical (unpaired) electrons. The van der Waals surface area contributed by atoms with Crippen molar-refractivity contribution < 1.29 is 28.6 Å². The summed E-state index contributed by atoms with van der Waals surface area (Å²) in [5.74, 6) is -1.35. The van der Waals surface area contributed by atoms with Gasteiger partial charge in [0, 0.05) is 0 Å². The lowest BCUT2D eigenvalue weighted by Gasteiger charge is -2.11. The second-order valence-electron chi connectivity index (χ2n) is 7.45. The summed E-state index contributed by atoms with van der Waals surface area (Å²) in [6.07, 6.45) is 1.39. The number of nitrogens with zero attached hydrogens (tertiary/aromatic N) is 1. The summed E-state index contributed by atoms with van der Waals surface area (Å²) in [4.78, 5) is 24.9. The minimum Gasteiger partial charge on any atom is -0.507 e. The number of amides is 1. The van der Waals surface area contributed by atoms with Crippen molar-refractivity contribution in [1.82, 2.24) is 5.43 Å². The fourth-order valence-corrected chi connectivity index (χ4v) is 3.34. The van der Waals surface area contributed by atoms with Gasteiger partial charge < -0.3 is 14.6 Å². The molecule has 2 N–H and O–H groups in total. The number of phenolic OH excluding ortho intramolecular Hbond substituents is 1. The van der Waals surface area contributed by atoms with Gasteiger partial charge in [-0.3, -0.25) is 4.79 Å². The molecule has 8 heteroatoms. The zero-order valence-electron chi connectivity index (χ0n) is 18.7. The minimum atomic E-state index is -0.658. The van der Waals surface area contributed by atoms with E-state index in [4.69, 9.17) is 9.47 Å². The predicted octanol–water partition coefficient (Wildman–Crippen LogP) is 5.07. The van der Waals surface area contributed by atoms with E-state index >= 15 is 0 Å². The first-order valence-corrected chi connectivity index (χ1v) is 10.7. The normalized spacial score (nSPS) is 10.9. The molecule has 0 fully saturated rings. The van der Waals surface area contributed by atoms with Crippen molar-refractivity contribution in [1.29, 1.82) is 0 Å². The Bertz CT molecular complexity index is 1420. The smallest absolute Gasteiger partial charge is 0.343 e. The van der Waals surface area contributed by atoms with Gasteiger partial charge in [-0.1, -0.05) is 24.3 Å². The summed E-state index contributed by atoms with van der Waals surface area (Å²) in [7, 11) is 0. The highest BCUT2D eigenvalue weighted by Gasteiger charge is 2.14. The summed E-state index contributed by atoms with van der Waals surface area (Å²) in [6, 6.07) is 20.2. The summed E-state index contributed by atoms with van der Waals surface area (Å²) < 4.78 is 24.1. The van der Waals surface area contributed by atoms with Crippen LogP contribution < -0.4 is 14.9 Å². The van der Waals surface area contributed by atoms with Crippen LogP contribution in [-0.4, -0.2) is 29.8 Å².